The van der Waals surface area contributed by atoms with Gasteiger partial charge in [0.05, 0.1) is 6.26 Å². The van der Waals surface area contributed by atoms with Crippen LogP contribution in [0.2, 0.25) is 0 Å². The van der Waals surface area contributed by atoms with E-state index in [0.717, 1.165) is 13.1 Å². The molecule has 86 valence electrons. The highest BCUT2D eigenvalue weighted by Gasteiger charge is 2.15. The normalized spacial score (nSPS) is 19.5. The van der Waals surface area contributed by atoms with Crippen molar-refractivity contribution in [2.45, 2.75) is 45.8 Å². The molecule has 0 bridgehead atoms. The van der Waals surface area contributed by atoms with E-state index in [0.29, 0.717) is 0 Å². The Morgan fingerprint density at radius 1 is 1.07 bits per heavy atom. The molecule has 1 aliphatic rings. The van der Waals surface area contributed by atoms with Gasteiger partial charge in [0.2, 0.25) is 0 Å². The number of allylic oxidation sites excluding steroid dienone is 2. The third-order valence-electron chi connectivity index (χ3n) is 2.64. The summed E-state index contributed by atoms with van der Waals surface area (Å²) in [5.41, 5.74) is 0. The first-order valence-corrected chi connectivity index (χ1v) is 6.11. The smallest absolute Gasteiger partial charge is 0.171 e. The van der Waals surface area contributed by atoms with Crippen LogP contribution in [-0.2, 0) is 4.74 Å². The van der Waals surface area contributed by atoms with Crippen LogP contribution in [0.25, 0.3) is 0 Å². The first-order chi connectivity index (χ1) is 7.38. The molecule has 1 heterocycles. The van der Waals surface area contributed by atoms with Crippen LogP contribution in [0, 0.1) is 0 Å². The maximum Gasteiger partial charge on any atom is 0.171 e. The lowest BCUT2D eigenvalue weighted by atomic mass is 10.2. The first kappa shape index (κ1) is 12.3. The van der Waals surface area contributed by atoms with Crippen molar-refractivity contribution < 1.29 is 4.74 Å². The molecule has 2 heteroatoms. The maximum absolute atomic E-state index is 5.59. The molecule has 1 aliphatic heterocycles. The van der Waals surface area contributed by atoms with Crippen LogP contribution < -0.4 is 0 Å². The molecule has 0 radical (unpaired) electrons. The summed E-state index contributed by atoms with van der Waals surface area (Å²) in [4.78, 5) is 2.42. The van der Waals surface area contributed by atoms with Gasteiger partial charge < -0.3 is 4.74 Å². The molecule has 1 unspecified atom stereocenters. The van der Waals surface area contributed by atoms with E-state index in [1.807, 2.05) is 6.08 Å². The summed E-state index contributed by atoms with van der Waals surface area (Å²) in [5, 5.41) is 0. The van der Waals surface area contributed by atoms with Gasteiger partial charge in [0.15, 0.2) is 6.23 Å². The summed E-state index contributed by atoms with van der Waals surface area (Å²) < 4.78 is 5.59. The van der Waals surface area contributed by atoms with E-state index in [9.17, 15) is 0 Å². The summed E-state index contributed by atoms with van der Waals surface area (Å²) in [7, 11) is 0. The van der Waals surface area contributed by atoms with Crippen LogP contribution in [0.15, 0.2) is 24.5 Å². The second-order valence-electron chi connectivity index (χ2n) is 3.98. The van der Waals surface area contributed by atoms with E-state index in [4.69, 9.17) is 4.74 Å². The van der Waals surface area contributed by atoms with Gasteiger partial charge in [-0.25, -0.2) is 0 Å². The van der Waals surface area contributed by atoms with Crippen LogP contribution in [0.4, 0.5) is 0 Å². The Morgan fingerprint density at radius 3 is 2.20 bits per heavy atom. The lowest BCUT2D eigenvalue weighted by molar-refractivity contribution is 0.0234. The van der Waals surface area contributed by atoms with Crippen molar-refractivity contribution in [1.82, 2.24) is 4.90 Å². The Balaban J connectivity index is 2.39. The molecule has 1 atom stereocenters. The third kappa shape index (κ3) is 4.52. The first-order valence-electron chi connectivity index (χ1n) is 6.11. The van der Waals surface area contributed by atoms with E-state index in [-0.39, 0.29) is 6.23 Å². The van der Waals surface area contributed by atoms with Gasteiger partial charge >= 0.3 is 0 Å². The second kappa shape index (κ2) is 7.52. The van der Waals surface area contributed by atoms with Crippen molar-refractivity contribution in [3.63, 3.8) is 0 Å². The Labute approximate surface area is 93.6 Å². The SMILES string of the molecule is CCCCN(CCCC)C1C=CC=CO1. The van der Waals surface area contributed by atoms with Crippen LogP contribution in [-0.4, -0.2) is 24.2 Å². The zero-order valence-electron chi connectivity index (χ0n) is 9.98. The van der Waals surface area contributed by atoms with Gasteiger partial charge in [0.25, 0.3) is 0 Å². The Hall–Kier alpha value is -0.760. The van der Waals surface area contributed by atoms with Crippen molar-refractivity contribution in [1.29, 1.82) is 0 Å². The molecule has 0 saturated heterocycles. The van der Waals surface area contributed by atoms with Gasteiger partial charge in [0.1, 0.15) is 0 Å². The minimum Gasteiger partial charge on any atom is -0.479 e. The molecule has 0 saturated carbocycles. The number of nitrogens with zero attached hydrogens (tertiary/aromatic N) is 1. The standard InChI is InChI=1S/C13H23NO/c1-3-5-10-14(11-6-4-2)13-9-7-8-12-15-13/h7-9,12-13H,3-6,10-11H2,1-2H3. The Kier molecular flexibility index (Phi) is 6.17. The minimum atomic E-state index is 0.160. The van der Waals surface area contributed by atoms with E-state index in [2.05, 4.69) is 30.9 Å². The number of rotatable bonds is 7. The quantitative estimate of drug-likeness (QED) is 0.638. The fourth-order valence-electron chi connectivity index (χ4n) is 1.67. The summed E-state index contributed by atoms with van der Waals surface area (Å²) in [6.07, 6.45) is 13.1. The zero-order valence-corrected chi connectivity index (χ0v) is 9.98. The van der Waals surface area contributed by atoms with E-state index in [1.54, 1.807) is 6.26 Å². The second-order valence-corrected chi connectivity index (χ2v) is 3.98. The Morgan fingerprint density at radius 2 is 1.73 bits per heavy atom. The Bertz CT molecular complexity index is 203. The van der Waals surface area contributed by atoms with Crippen molar-refractivity contribution >= 4 is 0 Å². The molecule has 0 spiro atoms. The fourth-order valence-corrected chi connectivity index (χ4v) is 1.67. The number of hydrogen-bond donors (Lipinski definition) is 0. The number of unbranched alkanes of at least 4 members (excludes halogenated alkanes) is 2. The molecule has 0 fully saturated rings. The van der Waals surface area contributed by atoms with Gasteiger partial charge in [-0.1, -0.05) is 32.8 Å². The fraction of sp³-hybridized carbons (Fsp3) is 0.692. The van der Waals surface area contributed by atoms with Crippen molar-refractivity contribution in [2.24, 2.45) is 0 Å². The van der Waals surface area contributed by atoms with E-state index in [1.165, 1.54) is 25.7 Å². The lowest BCUT2D eigenvalue weighted by Gasteiger charge is -2.29. The molecule has 0 N–H and O–H groups in total. The number of hydrogen-bond acceptors (Lipinski definition) is 2. The molecule has 0 aromatic carbocycles. The summed E-state index contributed by atoms with van der Waals surface area (Å²) >= 11 is 0. The monoisotopic (exact) mass is 209 g/mol. The van der Waals surface area contributed by atoms with Gasteiger partial charge in [-0.15, -0.1) is 0 Å². The van der Waals surface area contributed by atoms with Crippen molar-refractivity contribution in [3.05, 3.63) is 24.5 Å². The number of ether oxygens (including phenoxy) is 1. The predicted molar refractivity (Wildman–Crippen MR) is 64.5 cm³/mol. The van der Waals surface area contributed by atoms with Gasteiger partial charge in [-0.2, -0.15) is 0 Å². The molecule has 0 aromatic heterocycles. The zero-order chi connectivity index (χ0) is 10.9. The molecular formula is C13H23NO. The summed E-state index contributed by atoms with van der Waals surface area (Å²) in [6.45, 7) is 6.74. The van der Waals surface area contributed by atoms with Gasteiger partial charge in [-0.3, -0.25) is 4.90 Å². The molecule has 0 amide bonds. The van der Waals surface area contributed by atoms with Gasteiger partial charge in [0, 0.05) is 13.1 Å². The highest BCUT2D eigenvalue weighted by molar-refractivity contribution is 5.07. The highest BCUT2D eigenvalue weighted by Crippen LogP contribution is 2.11. The van der Waals surface area contributed by atoms with E-state index < -0.39 is 0 Å². The highest BCUT2D eigenvalue weighted by atomic mass is 16.5. The molecular weight excluding hydrogens is 186 g/mol. The molecule has 0 aromatic rings. The summed E-state index contributed by atoms with van der Waals surface area (Å²) in [5.74, 6) is 0. The topological polar surface area (TPSA) is 12.5 Å². The third-order valence-corrected chi connectivity index (χ3v) is 2.64. The van der Waals surface area contributed by atoms with E-state index >= 15 is 0 Å². The van der Waals surface area contributed by atoms with Crippen molar-refractivity contribution in [2.75, 3.05) is 13.1 Å². The largest absolute Gasteiger partial charge is 0.479 e. The minimum absolute atomic E-state index is 0.160. The molecule has 0 aliphatic carbocycles. The lowest BCUT2D eigenvalue weighted by Crippen LogP contribution is -2.37. The average molecular weight is 209 g/mol. The van der Waals surface area contributed by atoms with Gasteiger partial charge in [-0.05, 0) is 25.0 Å². The summed E-state index contributed by atoms with van der Waals surface area (Å²) in [6, 6.07) is 0. The maximum atomic E-state index is 5.59. The molecule has 2 nitrogen and oxygen atoms in total. The van der Waals surface area contributed by atoms with Crippen LogP contribution in [0.5, 0.6) is 0 Å². The molecule has 1 rings (SSSR count). The van der Waals surface area contributed by atoms with Crippen LogP contribution in [0.3, 0.4) is 0 Å². The average Bonchev–Trinajstić information content (AvgIpc) is 2.30. The van der Waals surface area contributed by atoms with Crippen molar-refractivity contribution in [3.8, 4) is 0 Å². The van der Waals surface area contributed by atoms with Crippen LogP contribution in [0.1, 0.15) is 39.5 Å². The predicted octanol–water partition coefficient (Wildman–Crippen LogP) is 3.31. The molecule has 15 heavy (non-hydrogen) atoms. The van der Waals surface area contributed by atoms with Crippen LogP contribution >= 0.6 is 0 Å².